The molecule has 1 amide bonds. The minimum Gasteiger partial charge on any atom is -0.480 e. The van der Waals surface area contributed by atoms with E-state index in [0.29, 0.717) is 11.1 Å². The van der Waals surface area contributed by atoms with Crippen LogP contribution in [0.15, 0.2) is 40.8 Å². The lowest BCUT2D eigenvalue weighted by molar-refractivity contribution is -0.135. The van der Waals surface area contributed by atoms with E-state index in [-0.39, 0.29) is 0 Å². The second-order valence-corrected chi connectivity index (χ2v) is 4.89. The van der Waals surface area contributed by atoms with E-state index in [4.69, 9.17) is 9.52 Å². The van der Waals surface area contributed by atoms with E-state index in [1.807, 2.05) is 25.1 Å². The van der Waals surface area contributed by atoms with E-state index in [9.17, 15) is 9.59 Å². The number of carboxylic acid groups (broad SMARTS) is 1. The molecular formula is C16H13NO4. The van der Waals surface area contributed by atoms with Crippen LogP contribution in [0.1, 0.15) is 15.9 Å². The van der Waals surface area contributed by atoms with Crippen molar-refractivity contribution < 1.29 is 19.1 Å². The van der Waals surface area contributed by atoms with E-state index in [2.05, 4.69) is 5.32 Å². The van der Waals surface area contributed by atoms with Gasteiger partial charge in [-0.15, -0.1) is 0 Å². The fraction of sp³-hybridized carbons (Fsp3) is 0.125. The van der Waals surface area contributed by atoms with Crippen molar-refractivity contribution in [1.82, 2.24) is 5.32 Å². The number of carboxylic acids is 1. The van der Waals surface area contributed by atoms with Gasteiger partial charge in [0.1, 0.15) is 17.7 Å². The molecule has 2 N–H and O–H groups in total. The molecule has 0 saturated carbocycles. The van der Waals surface area contributed by atoms with Crippen LogP contribution in [0.3, 0.4) is 0 Å². The highest BCUT2D eigenvalue weighted by atomic mass is 16.4. The minimum absolute atomic E-state index is 0.401. The van der Waals surface area contributed by atoms with Crippen molar-refractivity contribution >= 4 is 33.8 Å². The summed E-state index contributed by atoms with van der Waals surface area (Å²) in [6, 6.07) is 10.9. The third-order valence-electron chi connectivity index (χ3n) is 3.29. The van der Waals surface area contributed by atoms with Crippen LogP contribution in [0.2, 0.25) is 0 Å². The summed E-state index contributed by atoms with van der Waals surface area (Å²) in [5.74, 6) is -1.49. The maximum atomic E-state index is 11.9. The molecule has 106 valence electrons. The Morgan fingerprint density at radius 2 is 1.90 bits per heavy atom. The maximum Gasteiger partial charge on any atom is 0.322 e. The predicted molar refractivity (Wildman–Crippen MR) is 78.4 cm³/mol. The van der Waals surface area contributed by atoms with Crippen LogP contribution in [-0.2, 0) is 4.79 Å². The molecule has 5 nitrogen and oxygen atoms in total. The molecule has 3 aromatic rings. The molecule has 0 spiro atoms. The summed E-state index contributed by atoms with van der Waals surface area (Å²) in [6.45, 7) is 1.58. The molecule has 21 heavy (non-hydrogen) atoms. The Morgan fingerprint density at radius 3 is 2.67 bits per heavy atom. The summed E-state index contributed by atoms with van der Waals surface area (Å²) >= 11 is 0. The molecule has 0 aliphatic carbocycles. The smallest absolute Gasteiger partial charge is 0.322 e. The molecule has 0 unspecified atom stereocenters. The number of amides is 1. The molecule has 1 aromatic heterocycles. The number of rotatable bonds is 3. The maximum absolute atomic E-state index is 11.9. The van der Waals surface area contributed by atoms with Crippen LogP contribution in [0.5, 0.6) is 0 Å². The van der Waals surface area contributed by atoms with Gasteiger partial charge >= 0.3 is 5.97 Å². The molecule has 3 rings (SSSR count). The number of aryl methyl sites for hydroxylation is 1. The van der Waals surface area contributed by atoms with Gasteiger partial charge in [0, 0.05) is 16.3 Å². The number of furan rings is 1. The first kappa shape index (κ1) is 13.2. The normalized spacial score (nSPS) is 10.9. The standard InChI is InChI=1S/C16H13NO4/c1-9-2-4-11-12-7-10(16(20)17-8-15(18)19)3-5-13(12)21-14(11)6-9/h2-7H,8H2,1H3,(H,17,20)(H,18,19). The Morgan fingerprint density at radius 1 is 1.10 bits per heavy atom. The van der Waals surface area contributed by atoms with Crippen LogP contribution in [0.25, 0.3) is 21.9 Å². The van der Waals surface area contributed by atoms with Gasteiger partial charge in [-0.3, -0.25) is 9.59 Å². The van der Waals surface area contributed by atoms with E-state index < -0.39 is 18.4 Å². The largest absolute Gasteiger partial charge is 0.480 e. The van der Waals surface area contributed by atoms with Gasteiger partial charge in [-0.25, -0.2) is 0 Å². The second kappa shape index (κ2) is 4.94. The van der Waals surface area contributed by atoms with Gasteiger partial charge in [0.05, 0.1) is 0 Å². The van der Waals surface area contributed by atoms with Gasteiger partial charge in [-0.1, -0.05) is 12.1 Å². The molecule has 0 fully saturated rings. The zero-order valence-electron chi connectivity index (χ0n) is 11.3. The fourth-order valence-corrected chi connectivity index (χ4v) is 2.28. The zero-order chi connectivity index (χ0) is 15.0. The van der Waals surface area contributed by atoms with Gasteiger partial charge in [0.25, 0.3) is 5.91 Å². The average molecular weight is 283 g/mol. The summed E-state index contributed by atoms with van der Waals surface area (Å²) < 4.78 is 5.74. The number of nitrogens with one attached hydrogen (secondary N) is 1. The second-order valence-electron chi connectivity index (χ2n) is 4.89. The highest BCUT2D eigenvalue weighted by Gasteiger charge is 2.12. The SMILES string of the molecule is Cc1ccc2c(c1)oc1ccc(C(=O)NCC(=O)O)cc12. The van der Waals surface area contributed by atoms with Crippen LogP contribution >= 0.6 is 0 Å². The molecule has 0 bridgehead atoms. The summed E-state index contributed by atoms with van der Waals surface area (Å²) in [4.78, 5) is 22.4. The molecule has 0 radical (unpaired) electrons. The molecule has 1 heterocycles. The van der Waals surface area contributed by atoms with Crippen molar-refractivity contribution in [2.45, 2.75) is 6.92 Å². The van der Waals surface area contributed by atoms with Crippen molar-refractivity contribution in [2.24, 2.45) is 0 Å². The Kier molecular flexibility index (Phi) is 3.10. The molecule has 0 atom stereocenters. The molecule has 0 aliphatic heterocycles. The number of fused-ring (bicyclic) bond motifs is 3. The van der Waals surface area contributed by atoms with Crippen LogP contribution in [0, 0.1) is 6.92 Å². The van der Waals surface area contributed by atoms with Crippen LogP contribution in [0.4, 0.5) is 0 Å². The summed E-state index contributed by atoms with van der Waals surface area (Å²) in [7, 11) is 0. The molecule has 2 aromatic carbocycles. The number of hydrogen-bond acceptors (Lipinski definition) is 3. The summed E-state index contributed by atoms with van der Waals surface area (Å²) in [5, 5.41) is 12.7. The van der Waals surface area contributed by atoms with Crippen LogP contribution in [-0.4, -0.2) is 23.5 Å². The monoisotopic (exact) mass is 283 g/mol. The molecule has 5 heteroatoms. The van der Waals surface area contributed by atoms with Crippen molar-refractivity contribution in [2.75, 3.05) is 6.54 Å². The number of benzene rings is 2. The Balaban J connectivity index is 2.04. The number of carbonyl (C=O) groups is 2. The van der Waals surface area contributed by atoms with E-state index in [0.717, 1.165) is 21.9 Å². The van der Waals surface area contributed by atoms with E-state index >= 15 is 0 Å². The zero-order valence-corrected chi connectivity index (χ0v) is 11.3. The Bertz CT molecular complexity index is 863. The first-order chi connectivity index (χ1) is 10.0. The van der Waals surface area contributed by atoms with Gasteiger partial charge in [-0.2, -0.15) is 0 Å². The molecular weight excluding hydrogens is 270 g/mol. The quantitative estimate of drug-likeness (QED) is 0.774. The topological polar surface area (TPSA) is 79.5 Å². The Labute approximate surface area is 120 Å². The summed E-state index contributed by atoms with van der Waals surface area (Å²) in [5.41, 5.74) is 2.98. The Hall–Kier alpha value is -2.82. The predicted octanol–water partition coefficient (Wildman–Crippen LogP) is 2.71. The lowest BCUT2D eigenvalue weighted by Gasteiger charge is -2.02. The highest BCUT2D eigenvalue weighted by Crippen LogP contribution is 2.29. The lowest BCUT2D eigenvalue weighted by atomic mass is 10.1. The number of carbonyl (C=O) groups excluding carboxylic acids is 1. The third-order valence-corrected chi connectivity index (χ3v) is 3.29. The van der Waals surface area contributed by atoms with Gasteiger partial charge < -0.3 is 14.8 Å². The van der Waals surface area contributed by atoms with E-state index in [1.165, 1.54) is 0 Å². The lowest BCUT2D eigenvalue weighted by Crippen LogP contribution is -2.29. The fourth-order valence-electron chi connectivity index (χ4n) is 2.28. The summed E-state index contributed by atoms with van der Waals surface area (Å²) in [6.07, 6.45) is 0. The first-order valence-corrected chi connectivity index (χ1v) is 6.47. The number of hydrogen-bond donors (Lipinski definition) is 2. The van der Waals surface area contributed by atoms with Crippen molar-refractivity contribution in [3.05, 3.63) is 47.5 Å². The van der Waals surface area contributed by atoms with Gasteiger partial charge in [0.2, 0.25) is 0 Å². The first-order valence-electron chi connectivity index (χ1n) is 6.47. The van der Waals surface area contributed by atoms with Gasteiger partial charge in [-0.05, 0) is 36.8 Å². The van der Waals surface area contributed by atoms with Crippen LogP contribution < -0.4 is 5.32 Å². The minimum atomic E-state index is -1.08. The molecule has 0 aliphatic rings. The van der Waals surface area contributed by atoms with Crippen molar-refractivity contribution in [1.29, 1.82) is 0 Å². The van der Waals surface area contributed by atoms with E-state index in [1.54, 1.807) is 18.2 Å². The van der Waals surface area contributed by atoms with Gasteiger partial charge in [0.15, 0.2) is 0 Å². The van der Waals surface area contributed by atoms with Crippen molar-refractivity contribution in [3.63, 3.8) is 0 Å². The average Bonchev–Trinajstić information content (AvgIpc) is 2.80. The number of aliphatic carboxylic acids is 1. The highest BCUT2D eigenvalue weighted by molar-refractivity contribution is 6.08. The molecule has 0 saturated heterocycles. The van der Waals surface area contributed by atoms with Crippen molar-refractivity contribution in [3.8, 4) is 0 Å². The third kappa shape index (κ3) is 2.45.